The van der Waals surface area contributed by atoms with Crippen LogP contribution < -0.4 is 10.1 Å². The fourth-order valence-corrected chi connectivity index (χ4v) is 2.63. The highest BCUT2D eigenvalue weighted by Crippen LogP contribution is 2.35. The lowest BCUT2D eigenvalue weighted by molar-refractivity contribution is -0.137. The maximum Gasteiger partial charge on any atom is 0.416 e. The Bertz CT molecular complexity index is 647. The Morgan fingerprint density at radius 3 is 2.64 bits per heavy atom. The van der Waals surface area contributed by atoms with E-state index < -0.39 is 23.6 Å². The summed E-state index contributed by atoms with van der Waals surface area (Å²) in [6.07, 6.45) is -3.79. The van der Waals surface area contributed by atoms with E-state index in [0.29, 0.717) is 19.6 Å². The molecule has 1 aliphatic rings. The molecule has 5 nitrogen and oxygen atoms in total. The zero-order chi connectivity index (χ0) is 18.6. The van der Waals surface area contributed by atoms with E-state index in [1.165, 1.54) is 6.07 Å². The van der Waals surface area contributed by atoms with Crippen LogP contribution in [0.1, 0.15) is 32.3 Å². The van der Waals surface area contributed by atoms with Gasteiger partial charge in [-0.3, -0.25) is 9.59 Å². The molecule has 0 bridgehead atoms. The molecule has 1 N–H and O–H groups in total. The van der Waals surface area contributed by atoms with Crippen molar-refractivity contribution in [3.63, 3.8) is 0 Å². The van der Waals surface area contributed by atoms with E-state index in [-0.39, 0.29) is 30.3 Å². The molecule has 0 unspecified atom stereocenters. The number of ether oxygens (including phenoxy) is 1. The van der Waals surface area contributed by atoms with E-state index in [1.807, 2.05) is 13.8 Å². The maximum atomic E-state index is 12.9. The number of hydrogen-bond donors (Lipinski definition) is 1. The molecule has 0 saturated carbocycles. The van der Waals surface area contributed by atoms with Crippen LogP contribution in [0.2, 0.25) is 0 Å². The van der Waals surface area contributed by atoms with Crippen molar-refractivity contribution in [2.24, 2.45) is 5.92 Å². The van der Waals surface area contributed by atoms with E-state index >= 15 is 0 Å². The van der Waals surface area contributed by atoms with Crippen LogP contribution in [0.5, 0.6) is 5.75 Å². The molecule has 0 radical (unpaired) electrons. The van der Waals surface area contributed by atoms with Crippen molar-refractivity contribution < 1.29 is 27.5 Å². The van der Waals surface area contributed by atoms with Gasteiger partial charge in [0.15, 0.2) is 0 Å². The summed E-state index contributed by atoms with van der Waals surface area (Å²) >= 11 is 0. The van der Waals surface area contributed by atoms with Gasteiger partial charge in [0, 0.05) is 19.5 Å². The molecule has 8 heteroatoms. The summed E-state index contributed by atoms with van der Waals surface area (Å²) in [7, 11) is 0. The number of nitrogens with zero attached hydrogens (tertiary/aromatic N) is 1. The summed E-state index contributed by atoms with van der Waals surface area (Å²) in [5.41, 5.74) is -0.903. The molecule has 0 aliphatic carbocycles. The predicted octanol–water partition coefficient (Wildman–Crippen LogP) is 3.30. The molecule has 1 aromatic rings. The molecule has 1 fully saturated rings. The minimum Gasteiger partial charge on any atom is -0.491 e. The topological polar surface area (TPSA) is 58.6 Å². The summed E-state index contributed by atoms with van der Waals surface area (Å²) < 4.78 is 44.2. The number of carbonyl (C=O) groups is 2. The van der Waals surface area contributed by atoms with Crippen LogP contribution in [0.3, 0.4) is 0 Å². The normalized spacial score (nSPS) is 17.7. The van der Waals surface area contributed by atoms with Crippen LogP contribution in [0.25, 0.3) is 0 Å². The Hall–Kier alpha value is -2.25. The van der Waals surface area contributed by atoms with E-state index in [1.54, 1.807) is 4.90 Å². The van der Waals surface area contributed by atoms with Crippen molar-refractivity contribution in [2.45, 2.75) is 32.9 Å². The van der Waals surface area contributed by atoms with Crippen LogP contribution >= 0.6 is 0 Å². The standard InChI is InChI=1S/C17H21F3N2O3/c1-3-7-25-14-6-5-12(17(18,19)20)9-13(14)21-16(24)11-8-15(23)22(4-2)10-11/h5-6,9,11H,3-4,7-8,10H2,1-2H3,(H,21,24)/t11-/m1/s1. The molecular weight excluding hydrogens is 337 g/mol. The minimum absolute atomic E-state index is 0.0318. The molecule has 25 heavy (non-hydrogen) atoms. The first-order valence-corrected chi connectivity index (χ1v) is 8.19. The number of benzene rings is 1. The number of amides is 2. The first-order chi connectivity index (χ1) is 11.8. The van der Waals surface area contributed by atoms with Crippen LogP contribution in [0.4, 0.5) is 18.9 Å². The number of hydrogen-bond acceptors (Lipinski definition) is 3. The van der Waals surface area contributed by atoms with Gasteiger partial charge in [-0.2, -0.15) is 13.2 Å². The SMILES string of the molecule is CCCOc1ccc(C(F)(F)F)cc1NC(=O)[C@@H]1CC(=O)N(CC)C1. The molecule has 0 aromatic heterocycles. The number of alkyl halides is 3. The number of likely N-dealkylation sites (tertiary alicyclic amines) is 1. The van der Waals surface area contributed by atoms with Crippen molar-refractivity contribution in [1.29, 1.82) is 0 Å². The van der Waals surface area contributed by atoms with E-state index in [9.17, 15) is 22.8 Å². The van der Waals surface area contributed by atoms with Gasteiger partial charge in [-0.05, 0) is 31.5 Å². The zero-order valence-corrected chi connectivity index (χ0v) is 14.2. The molecule has 1 aliphatic heterocycles. The zero-order valence-electron chi connectivity index (χ0n) is 14.2. The Kier molecular flexibility index (Phi) is 5.92. The van der Waals surface area contributed by atoms with Gasteiger partial charge in [-0.15, -0.1) is 0 Å². The smallest absolute Gasteiger partial charge is 0.416 e. The lowest BCUT2D eigenvalue weighted by Crippen LogP contribution is -2.28. The van der Waals surface area contributed by atoms with Crippen molar-refractivity contribution in [1.82, 2.24) is 4.90 Å². The van der Waals surface area contributed by atoms with Crippen LogP contribution in [-0.4, -0.2) is 36.4 Å². The monoisotopic (exact) mass is 358 g/mol. The average Bonchev–Trinajstić information content (AvgIpc) is 2.93. The second kappa shape index (κ2) is 7.76. The second-order valence-corrected chi connectivity index (χ2v) is 5.88. The number of halogens is 3. The Morgan fingerprint density at radius 2 is 2.08 bits per heavy atom. The summed E-state index contributed by atoms with van der Waals surface area (Å²) in [5.74, 6) is -1.01. The van der Waals surface area contributed by atoms with Gasteiger partial charge in [0.05, 0.1) is 23.8 Å². The number of rotatable bonds is 6. The van der Waals surface area contributed by atoms with Crippen molar-refractivity contribution in [2.75, 3.05) is 25.0 Å². The minimum atomic E-state index is -4.52. The van der Waals surface area contributed by atoms with E-state index in [4.69, 9.17) is 4.74 Å². The third-order valence-electron chi connectivity index (χ3n) is 3.99. The van der Waals surface area contributed by atoms with Gasteiger partial charge in [-0.25, -0.2) is 0 Å². The van der Waals surface area contributed by atoms with Gasteiger partial charge >= 0.3 is 6.18 Å². The Labute approximate surface area is 144 Å². The van der Waals surface area contributed by atoms with Gasteiger partial charge < -0.3 is 15.0 Å². The number of carbonyl (C=O) groups excluding carboxylic acids is 2. The Balaban J connectivity index is 2.20. The maximum absolute atomic E-state index is 12.9. The molecule has 1 saturated heterocycles. The van der Waals surface area contributed by atoms with Gasteiger partial charge in [0.25, 0.3) is 0 Å². The summed E-state index contributed by atoms with van der Waals surface area (Å²) in [6.45, 7) is 4.76. The molecular formula is C17H21F3N2O3. The molecule has 1 heterocycles. The van der Waals surface area contributed by atoms with E-state index in [2.05, 4.69) is 5.32 Å². The highest BCUT2D eigenvalue weighted by molar-refractivity contribution is 5.98. The van der Waals surface area contributed by atoms with Gasteiger partial charge in [0.2, 0.25) is 11.8 Å². The lowest BCUT2D eigenvalue weighted by atomic mass is 10.1. The fourth-order valence-electron chi connectivity index (χ4n) is 2.63. The molecule has 138 valence electrons. The van der Waals surface area contributed by atoms with Crippen LogP contribution in [-0.2, 0) is 15.8 Å². The third kappa shape index (κ3) is 4.64. The number of anilines is 1. The predicted molar refractivity (Wildman–Crippen MR) is 86.2 cm³/mol. The van der Waals surface area contributed by atoms with Crippen molar-refractivity contribution in [3.05, 3.63) is 23.8 Å². The second-order valence-electron chi connectivity index (χ2n) is 5.88. The van der Waals surface area contributed by atoms with Crippen LogP contribution in [0.15, 0.2) is 18.2 Å². The summed E-state index contributed by atoms with van der Waals surface area (Å²) in [4.78, 5) is 25.7. The third-order valence-corrected chi connectivity index (χ3v) is 3.99. The molecule has 1 atom stereocenters. The fraction of sp³-hybridized carbons (Fsp3) is 0.529. The first-order valence-electron chi connectivity index (χ1n) is 8.19. The van der Waals surface area contributed by atoms with Crippen molar-refractivity contribution in [3.8, 4) is 5.75 Å². The highest BCUT2D eigenvalue weighted by Gasteiger charge is 2.35. The van der Waals surface area contributed by atoms with Gasteiger partial charge in [0.1, 0.15) is 5.75 Å². The summed E-state index contributed by atoms with van der Waals surface area (Å²) in [5, 5.41) is 2.50. The molecule has 2 rings (SSSR count). The molecule has 1 aromatic carbocycles. The van der Waals surface area contributed by atoms with Crippen LogP contribution in [0, 0.1) is 5.92 Å². The number of nitrogens with one attached hydrogen (secondary N) is 1. The largest absolute Gasteiger partial charge is 0.491 e. The Morgan fingerprint density at radius 1 is 1.36 bits per heavy atom. The first kappa shape index (κ1) is 19.1. The summed E-state index contributed by atoms with van der Waals surface area (Å²) in [6, 6.07) is 2.97. The van der Waals surface area contributed by atoms with E-state index in [0.717, 1.165) is 12.1 Å². The van der Waals surface area contributed by atoms with Gasteiger partial charge in [-0.1, -0.05) is 6.92 Å². The quantitative estimate of drug-likeness (QED) is 0.849. The molecule has 0 spiro atoms. The lowest BCUT2D eigenvalue weighted by Gasteiger charge is -2.17. The molecule has 2 amide bonds. The average molecular weight is 358 g/mol. The highest BCUT2D eigenvalue weighted by atomic mass is 19.4. The van der Waals surface area contributed by atoms with Crippen molar-refractivity contribution >= 4 is 17.5 Å².